The van der Waals surface area contributed by atoms with Crippen LogP contribution in [-0.4, -0.2) is 15.5 Å². The Hall–Kier alpha value is -2.01. The lowest BCUT2D eigenvalue weighted by molar-refractivity contribution is -0.695. The fourth-order valence-corrected chi connectivity index (χ4v) is 2.48. The second-order valence-electron chi connectivity index (χ2n) is 5.24. The van der Waals surface area contributed by atoms with E-state index in [1.807, 2.05) is 60.3 Å². The summed E-state index contributed by atoms with van der Waals surface area (Å²) in [4.78, 5) is 16.9. The Morgan fingerprint density at radius 2 is 1.82 bits per heavy atom. The number of hydrogen-bond acceptors (Lipinski definition) is 2. The molecular formula is C17H18BrN3O. The van der Waals surface area contributed by atoms with Gasteiger partial charge in [0.15, 0.2) is 18.9 Å². The van der Waals surface area contributed by atoms with Crippen molar-refractivity contribution in [1.82, 2.24) is 9.55 Å². The molecule has 2 heterocycles. The molecule has 1 aromatic carbocycles. The number of aryl methyl sites for hydroxylation is 3. The summed E-state index contributed by atoms with van der Waals surface area (Å²) in [6, 6.07) is 11.8. The molecule has 0 N–H and O–H groups in total. The van der Waals surface area contributed by atoms with E-state index in [0.717, 1.165) is 16.9 Å². The van der Waals surface area contributed by atoms with E-state index < -0.39 is 0 Å². The quantitative estimate of drug-likeness (QED) is 0.601. The van der Waals surface area contributed by atoms with E-state index in [2.05, 4.69) is 11.9 Å². The topological polar surface area (TPSA) is 38.8 Å². The zero-order valence-electron chi connectivity index (χ0n) is 12.7. The molecule has 0 spiro atoms. The van der Waals surface area contributed by atoms with Gasteiger partial charge < -0.3 is 17.0 Å². The number of carbonyl (C=O) groups excluding carboxylic acids is 1. The molecule has 2 aromatic heterocycles. The molecule has 0 unspecified atom stereocenters. The third-order valence-corrected chi connectivity index (χ3v) is 3.62. The largest absolute Gasteiger partial charge is 1.00 e. The molecule has 0 bridgehead atoms. The number of aromatic nitrogens is 3. The summed E-state index contributed by atoms with van der Waals surface area (Å²) in [5.41, 5.74) is 2.97. The van der Waals surface area contributed by atoms with Gasteiger partial charge in [-0.3, -0.25) is 9.36 Å². The van der Waals surface area contributed by atoms with Crippen LogP contribution in [0.25, 0.3) is 11.0 Å². The highest BCUT2D eigenvalue weighted by molar-refractivity contribution is 5.90. The van der Waals surface area contributed by atoms with Crippen LogP contribution in [0.5, 0.6) is 0 Å². The van der Waals surface area contributed by atoms with Gasteiger partial charge in [0.05, 0.1) is 17.5 Å². The maximum atomic E-state index is 12.5. The minimum absolute atomic E-state index is 0. The predicted octanol–water partition coefficient (Wildman–Crippen LogP) is -0.325. The first-order valence-electron chi connectivity index (χ1n) is 7.08. The monoisotopic (exact) mass is 359 g/mol. The highest BCUT2D eigenvalue weighted by atomic mass is 79.9. The molecule has 4 nitrogen and oxygen atoms in total. The molecule has 3 aromatic rings. The third-order valence-electron chi connectivity index (χ3n) is 3.62. The van der Waals surface area contributed by atoms with E-state index >= 15 is 0 Å². The Balaban J connectivity index is 0.00000176. The van der Waals surface area contributed by atoms with Crippen LogP contribution in [0.1, 0.15) is 22.6 Å². The first-order chi connectivity index (χ1) is 10.1. The predicted molar refractivity (Wildman–Crippen MR) is 81.1 cm³/mol. The van der Waals surface area contributed by atoms with E-state index in [1.165, 1.54) is 5.56 Å². The van der Waals surface area contributed by atoms with Crippen molar-refractivity contribution in [1.29, 1.82) is 0 Å². The number of hydrogen-bond donors (Lipinski definition) is 0. The number of benzene rings is 1. The van der Waals surface area contributed by atoms with Crippen LogP contribution < -0.4 is 21.5 Å². The number of imidazole rings is 1. The van der Waals surface area contributed by atoms with Gasteiger partial charge in [0.2, 0.25) is 5.91 Å². The van der Waals surface area contributed by atoms with E-state index in [0.29, 0.717) is 13.0 Å². The lowest BCUT2D eigenvalue weighted by Gasteiger charge is -2.04. The molecule has 22 heavy (non-hydrogen) atoms. The first-order valence-corrected chi connectivity index (χ1v) is 7.08. The Morgan fingerprint density at radius 1 is 1.14 bits per heavy atom. The fourth-order valence-electron chi connectivity index (χ4n) is 2.48. The molecule has 3 rings (SSSR count). The van der Waals surface area contributed by atoms with Crippen LogP contribution in [0.3, 0.4) is 0 Å². The van der Waals surface area contributed by atoms with Crippen LogP contribution in [0, 0.1) is 13.8 Å². The summed E-state index contributed by atoms with van der Waals surface area (Å²) < 4.78 is 3.74. The Kier molecular flexibility index (Phi) is 5.08. The summed E-state index contributed by atoms with van der Waals surface area (Å²) >= 11 is 0. The fraction of sp³-hybridized carbons (Fsp3) is 0.235. The van der Waals surface area contributed by atoms with Crippen LogP contribution in [0.4, 0.5) is 0 Å². The molecule has 0 fully saturated rings. The number of carbonyl (C=O) groups is 1. The summed E-state index contributed by atoms with van der Waals surface area (Å²) in [5, 5.41) is 0. The minimum atomic E-state index is 0. The number of pyridine rings is 1. The van der Waals surface area contributed by atoms with Crippen LogP contribution in [0.2, 0.25) is 0 Å². The molecule has 0 radical (unpaired) electrons. The number of nitrogens with zero attached hydrogens (tertiary/aromatic N) is 3. The van der Waals surface area contributed by atoms with Crippen molar-refractivity contribution in [2.75, 3.05) is 0 Å². The summed E-state index contributed by atoms with van der Waals surface area (Å²) in [7, 11) is 0. The minimum Gasteiger partial charge on any atom is -1.00 e. The molecule has 0 amide bonds. The third kappa shape index (κ3) is 3.25. The van der Waals surface area contributed by atoms with Gasteiger partial charge in [-0.15, -0.1) is 0 Å². The van der Waals surface area contributed by atoms with Gasteiger partial charge >= 0.3 is 0 Å². The zero-order valence-corrected chi connectivity index (χ0v) is 14.2. The Morgan fingerprint density at radius 3 is 2.55 bits per heavy atom. The maximum Gasteiger partial charge on any atom is 0.238 e. The van der Waals surface area contributed by atoms with Gasteiger partial charge in [0, 0.05) is 12.1 Å². The summed E-state index contributed by atoms with van der Waals surface area (Å²) in [6.07, 6.45) is 4.46. The SMILES string of the molecule is Cc1cc[n+](CCC(=O)n2c(C)nc3ccccc32)cc1.[Br-]. The van der Waals surface area contributed by atoms with Gasteiger partial charge in [-0.2, -0.15) is 0 Å². The standard InChI is InChI=1S/C17H18N3O.BrH/c1-13-7-10-19(11-8-13)12-9-17(21)20-14(2)18-15-5-3-4-6-16(15)20;/h3-8,10-11H,9,12H2,1-2H3;1H/q+1;/p-1. The van der Waals surface area contributed by atoms with E-state index in [1.54, 1.807) is 4.57 Å². The Labute approximate surface area is 140 Å². The van der Waals surface area contributed by atoms with Crippen molar-refractivity contribution in [2.24, 2.45) is 0 Å². The molecule has 0 aliphatic rings. The molecule has 0 aliphatic heterocycles. The molecule has 5 heteroatoms. The zero-order chi connectivity index (χ0) is 14.8. The normalized spacial score (nSPS) is 10.5. The summed E-state index contributed by atoms with van der Waals surface area (Å²) in [6.45, 7) is 4.60. The highest BCUT2D eigenvalue weighted by Crippen LogP contribution is 2.15. The first kappa shape index (κ1) is 16.4. The lowest BCUT2D eigenvalue weighted by atomic mass is 10.3. The van der Waals surface area contributed by atoms with Gasteiger partial charge in [0.25, 0.3) is 0 Å². The maximum absolute atomic E-state index is 12.5. The molecular weight excluding hydrogens is 342 g/mol. The van der Waals surface area contributed by atoms with Crippen LogP contribution in [-0.2, 0) is 6.54 Å². The van der Waals surface area contributed by atoms with E-state index in [-0.39, 0.29) is 22.9 Å². The molecule has 0 saturated heterocycles. The van der Waals surface area contributed by atoms with Gasteiger partial charge in [-0.1, -0.05) is 12.1 Å². The molecule has 0 saturated carbocycles. The second kappa shape index (κ2) is 6.83. The van der Waals surface area contributed by atoms with E-state index in [4.69, 9.17) is 0 Å². The summed E-state index contributed by atoms with van der Waals surface area (Å²) in [5.74, 6) is 0.824. The van der Waals surface area contributed by atoms with Crippen molar-refractivity contribution in [3.8, 4) is 0 Å². The number of para-hydroxylation sites is 2. The second-order valence-corrected chi connectivity index (χ2v) is 5.24. The smallest absolute Gasteiger partial charge is 0.238 e. The van der Waals surface area contributed by atoms with Crippen molar-refractivity contribution in [2.45, 2.75) is 26.8 Å². The average Bonchev–Trinajstić information content (AvgIpc) is 2.82. The highest BCUT2D eigenvalue weighted by Gasteiger charge is 2.15. The molecule has 0 atom stereocenters. The number of rotatable bonds is 3. The van der Waals surface area contributed by atoms with Gasteiger partial charge in [-0.05, 0) is 31.5 Å². The van der Waals surface area contributed by atoms with Gasteiger partial charge in [0.1, 0.15) is 5.82 Å². The van der Waals surface area contributed by atoms with Crippen LogP contribution >= 0.6 is 0 Å². The van der Waals surface area contributed by atoms with E-state index in [9.17, 15) is 4.79 Å². The van der Waals surface area contributed by atoms with Crippen molar-refractivity contribution in [3.63, 3.8) is 0 Å². The lowest BCUT2D eigenvalue weighted by Crippen LogP contribution is -3.00. The van der Waals surface area contributed by atoms with Crippen molar-refractivity contribution >= 4 is 16.9 Å². The Bertz CT molecular complexity index is 793. The van der Waals surface area contributed by atoms with Crippen molar-refractivity contribution < 1.29 is 26.3 Å². The molecule has 114 valence electrons. The number of fused-ring (bicyclic) bond motifs is 1. The van der Waals surface area contributed by atoms with Crippen molar-refractivity contribution in [3.05, 3.63) is 60.2 Å². The number of halogens is 1. The average molecular weight is 360 g/mol. The molecule has 0 aliphatic carbocycles. The van der Waals surface area contributed by atoms with Gasteiger partial charge in [-0.25, -0.2) is 9.55 Å². The van der Waals surface area contributed by atoms with Crippen LogP contribution in [0.15, 0.2) is 48.8 Å².